The third-order valence-electron chi connectivity index (χ3n) is 3.86. The van der Waals surface area contributed by atoms with E-state index >= 15 is 0 Å². The van der Waals surface area contributed by atoms with Crippen LogP contribution in [-0.2, 0) is 9.53 Å². The van der Waals surface area contributed by atoms with Gasteiger partial charge in [-0.05, 0) is 43.7 Å². The van der Waals surface area contributed by atoms with Crippen molar-refractivity contribution in [2.24, 2.45) is 5.92 Å². The second-order valence-corrected chi connectivity index (χ2v) is 5.42. The number of methoxy groups -OCH3 is 1. The lowest BCUT2D eigenvalue weighted by Gasteiger charge is -2.27. The Morgan fingerprint density at radius 3 is 2.76 bits per heavy atom. The molecule has 0 bridgehead atoms. The summed E-state index contributed by atoms with van der Waals surface area (Å²) in [5.74, 6) is 0.944. The lowest BCUT2D eigenvalue weighted by Crippen LogP contribution is -2.27. The van der Waals surface area contributed by atoms with E-state index in [0.29, 0.717) is 17.4 Å². The number of rotatable bonds is 6. The van der Waals surface area contributed by atoms with Crippen LogP contribution in [0, 0.1) is 5.92 Å². The number of benzene rings is 1. The Kier molecular flexibility index (Phi) is 6.02. The minimum atomic E-state index is -0.160. The Hall–Kier alpha value is -1.59. The van der Waals surface area contributed by atoms with E-state index < -0.39 is 0 Å². The van der Waals surface area contributed by atoms with Crippen molar-refractivity contribution >= 4 is 11.6 Å². The third kappa shape index (κ3) is 5.02. The summed E-state index contributed by atoms with van der Waals surface area (Å²) < 4.78 is 10.8. The first kappa shape index (κ1) is 15.8. The fourth-order valence-corrected chi connectivity index (χ4v) is 2.57. The van der Waals surface area contributed by atoms with Crippen LogP contribution in [0.4, 0.5) is 5.69 Å². The Morgan fingerprint density at radius 2 is 2.10 bits per heavy atom. The van der Waals surface area contributed by atoms with E-state index in [-0.39, 0.29) is 25.2 Å². The largest absolute Gasteiger partial charge is 0.497 e. The van der Waals surface area contributed by atoms with Crippen molar-refractivity contribution in [3.8, 4) is 5.75 Å². The van der Waals surface area contributed by atoms with E-state index in [0.717, 1.165) is 25.7 Å². The summed E-state index contributed by atoms with van der Waals surface area (Å²) >= 11 is 0. The Labute approximate surface area is 125 Å². The molecule has 0 atom stereocenters. The van der Waals surface area contributed by atoms with Gasteiger partial charge in [0.15, 0.2) is 0 Å². The predicted molar refractivity (Wildman–Crippen MR) is 80.4 cm³/mol. The number of amides is 1. The molecule has 116 valence electrons. The number of hydrogen-bond acceptors (Lipinski definition) is 4. The van der Waals surface area contributed by atoms with Crippen molar-refractivity contribution in [2.75, 3.05) is 25.6 Å². The Balaban J connectivity index is 1.72. The van der Waals surface area contributed by atoms with Crippen molar-refractivity contribution in [2.45, 2.75) is 31.8 Å². The van der Waals surface area contributed by atoms with Gasteiger partial charge in [-0.25, -0.2) is 0 Å². The average molecular weight is 293 g/mol. The summed E-state index contributed by atoms with van der Waals surface area (Å²) in [4.78, 5) is 11.9. The zero-order valence-electron chi connectivity index (χ0n) is 12.4. The average Bonchev–Trinajstić information content (AvgIpc) is 2.53. The van der Waals surface area contributed by atoms with Gasteiger partial charge in [-0.3, -0.25) is 4.79 Å². The molecule has 0 radical (unpaired) electrons. The molecule has 5 nitrogen and oxygen atoms in total. The van der Waals surface area contributed by atoms with Gasteiger partial charge >= 0.3 is 0 Å². The lowest BCUT2D eigenvalue weighted by molar-refractivity contribution is -0.123. The van der Waals surface area contributed by atoms with E-state index in [4.69, 9.17) is 14.6 Å². The first-order chi connectivity index (χ1) is 10.2. The zero-order chi connectivity index (χ0) is 15.1. The van der Waals surface area contributed by atoms with Crippen LogP contribution in [0.3, 0.4) is 0 Å². The van der Waals surface area contributed by atoms with Gasteiger partial charge in [0.2, 0.25) is 5.91 Å². The molecule has 1 fully saturated rings. The van der Waals surface area contributed by atoms with Gasteiger partial charge in [0.05, 0.1) is 13.2 Å². The van der Waals surface area contributed by atoms with Crippen LogP contribution in [0.5, 0.6) is 5.75 Å². The number of anilines is 1. The molecule has 1 aliphatic carbocycles. The number of ether oxygens (including phenoxy) is 2. The van der Waals surface area contributed by atoms with Crippen LogP contribution in [0.1, 0.15) is 25.7 Å². The quantitative estimate of drug-likeness (QED) is 0.844. The van der Waals surface area contributed by atoms with E-state index in [9.17, 15) is 4.79 Å². The molecule has 21 heavy (non-hydrogen) atoms. The van der Waals surface area contributed by atoms with Crippen molar-refractivity contribution < 1.29 is 19.4 Å². The molecular weight excluding hydrogens is 270 g/mol. The summed E-state index contributed by atoms with van der Waals surface area (Å²) in [5.41, 5.74) is 0.701. The van der Waals surface area contributed by atoms with Crippen molar-refractivity contribution in [1.82, 2.24) is 0 Å². The van der Waals surface area contributed by atoms with Crippen LogP contribution in [0.25, 0.3) is 0 Å². The van der Waals surface area contributed by atoms with Crippen molar-refractivity contribution in [3.05, 3.63) is 24.3 Å². The highest BCUT2D eigenvalue weighted by Gasteiger charge is 2.21. The molecule has 0 spiro atoms. The molecule has 0 aliphatic heterocycles. The summed E-state index contributed by atoms with van der Waals surface area (Å²) in [7, 11) is 1.59. The molecule has 0 saturated heterocycles. The predicted octanol–water partition coefficient (Wildman–Crippen LogP) is 2.20. The van der Waals surface area contributed by atoms with Crippen molar-refractivity contribution in [1.29, 1.82) is 0 Å². The lowest BCUT2D eigenvalue weighted by atomic mass is 9.88. The molecule has 5 heteroatoms. The standard InChI is InChI=1S/C16H23NO4/c1-20-15-4-2-3-13(9-15)17-16(19)11-21-14-7-5-12(10-18)6-8-14/h2-4,9,12,14,18H,5-8,10-11H2,1H3,(H,17,19). The molecule has 2 rings (SSSR count). The van der Waals surface area contributed by atoms with Gasteiger partial charge in [-0.2, -0.15) is 0 Å². The number of carbonyl (C=O) groups excluding carboxylic acids is 1. The highest BCUT2D eigenvalue weighted by molar-refractivity contribution is 5.91. The highest BCUT2D eigenvalue weighted by Crippen LogP contribution is 2.25. The second kappa shape index (κ2) is 8.00. The third-order valence-corrected chi connectivity index (χ3v) is 3.86. The maximum atomic E-state index is 11.9. The SMILES string of the molecule is COc1cccc(NC(=O)COC2CCC(CO)CC2)c1. The fourth-order valence-electron chi connectivity index (χ4n) is 2.57. The molecule has 1 amide bonds. The van der Waals surface area contributed by atoms with Gasteiger partial charge in [0.25, 0.3) is 0 Å². The minimum absolute atomic E-state index is 0.0612. The molecule has 0 unspecified atom stereocenters. The van der Waals surface area contributed by atoms with Crippen LogP contribution >= 0.6 is 0 Å². The molecule has 1 aliphatic rings. The number of hydrogen-bond donors (Lipinski definition) is 2. The minimum Gasteiger partial charge on any atom is -0.497 e. The molecule has 1 aromatic rings. The second-order valence-electron chi connectivity index (χ2n) is 5.42. The van der Waals surface area contributed by atoms with E-state index in [1.165, 1.54) is 0 Å². The summed E-state index contributed by atoms with van der Waals surface area (Å²) in [5, 5.41) is 11.9. The van der Waals surface area contributed by atoms with Crippen LogP contribution in [0.2, 0.25) is 0 Å². The number of nitrogens with one attached hydrogen (secondary N) is 1. The van der Waals surface area contributed by atoms with Gasteiger partial charge < -0.3 is 19.9 Å². The van der Waals surface area contributed by atoms with Gasteiger partial charge in [0, 0.05) is 18.4 Å². The van der Waals surface area contributed by atoms with E-state index in [1.807, 2.05) is 18.2 Å². The zero-order valence-corrected chi connectivity index (χ0v) is 12.4. The topological polar surface area (TPSA) is 67.8 Å². The number of aliphatic hydroxyl groups is 1. The highest BCUT2D eigenvalue weighted by atomic mass is 16.5. The van der Waals surface area contributed by atoms with Crippen LogP contribution in [0.15, 0.2) is 24.3 Å². The summed E-state index contributed by atoms with van der Waals surface area (Å²) in [6, 6.07) is 7.23. The number of aliphatic hydroxyl groups excluding tert-OH is 1. The molecule has 0 aromatic heterocycles. The van der Waals surface area contributed by atoms with Crippen LogP contribution < -0.4 is 10.1 Å². The molecular formula is C16H23NO4. The first-order valence-electron chi connectivity index (χ1n) is 7.37. The van der Waals surface area contributed by atoms with Gasteiger partial charge in [0.1, 0.15) is 12.4 Å². The maximum absolute atomic E-state index is 11.9. The maximum Gasteiger partial charge on any atom is 0.250 e. The molecule has 0 heterocycles. The van der Waals surface area contributed by atoms with E-state index in [2.05, 4.69) is 5.32 Å². The van der Waals surface area contributed by atoms with Gasteiger partial charge in [-0.15, -0.1) is 0 Å². The number of carbonyl (C=O) groups is 1. The summed E-state index contributed by atoms with van der Waals surface area (Å²) in [6.07, 6.45) is 3.90. The summed E-state index contributed by atoms with van der Waals surface area (Å²) in [6.45, 7) is 0.314. The first-order valence-corrected chi connectivity index (χ1v) is 7.37. The monoisotopic (exact) mass is 293 g/mol. The molecule has 2 N–H and O–H groups in total. The molecule has 1 saturated carbocycles. The Bertz CT molecular complexity index is 455. The smallest absolute Gasteiger partial charge is 0.250 e. The van der Waals surface area contributed by atoms with Crippen LogP contribution in [-0.4, -0.2) is 37.4 Å². The van der Waals surface area contributed by atoms with Crippen molar-refractivity contribution in [3.63, 3.8) is 0 Å². The Morgan fingerprint density at radius 1 is 1.33 bits per heavy atom. The fraction of sp³-hybridized carbons (Fsp3) is 0.562. The van der Waals surface area contributed by atoms with E-state index in [1.54, 1.807) is 13.2 Å². The normalized spacial score (nSPS) is 21.8. The molecule has 1 aromatic carbocycles. The van der Waals surface area contributed by atoms with Gasteiger partial charge in [-0.1, -0.05) is 6.07 Å².